The second-order valence-corrected chi connectivity index (χ2v) is 6.05. The molecule has 0 saturated carbocycles. The Morgan fingerprint density at radius 2 is 1.50 bits per heavy atom. The molecule has 2 aromatic carbocycles. The maximum absolute atomic E-state index is 12.7. The van der Waals surface area contributed by atoms with E-state index in [1.807, 2.05) is 6.92 Å². The van der Waals surface area contributed by atoms with Gasteiger partial charge in [-0.15, -0.1) is 0 Å². The lowest BCUT2D eigenvalue weighted by molar-refractivity contribution is -0.144. The van der Waals surface area contributed by atoms with Crippen molar-refractivity contribution in [3.8, 4) is 11.5 Å². The standard InChI is InChI=1S/C20H24O4/c1-4-5-10-24-20(23)19(15-6-8-17(21)13(2)11-15)16-7-9-18(22)14(3)12-16/h6-9,11-12,19,21-22H,4-5,10H2,1-3H3. The van der Waals surface area contributed by atoms with Gasteiger partial charge in [0.2, 0.25) is 0 Å². The number of carbonyl (C=O) groups is 1. The van der Waals surface area contributed by atoms with Crippen LogP contribution in [0.5, 0.6) is 11.5 Å². The van der Waals surface area contributed by atoms with Crippen LogP contribution in [0.25, 0.3) is 0 Å². The van der Waals surface area contributed by atoms with Crippen LogP contribution in [0.1, 0.15) is 47.9 Å². The number of phenols is 2. The highest BCUT2D eigenvalue weighted by atomic mass is 16.5. The molecule has 2 rings (SSSR count). The van der Waals surface area contributed by atoms with Crippen LogP contribution in [0.3, 0.4) is 0 Å². The van der Waals surface area contributed by atoms with Crippen LogP contribution in [0.2, 0.25) is 0 Å². The van der Waals surface area contributed by atoms with Crippen molar-refractivity contribution in [2.75, 3.05) is 6.61 Å². The summed E-state index contributed by atoms with van der Waals surface area (Å²) in [5.41, 5.74) is 2.93. The number of carbonyl (C=O) groups excluding carboxylic acids is 1. The topological polar surface area (TPSA) is 66.8 Å². The first-order chi connectivity index (χ1) is 11.4. The molecule has 0 fully saturated rings. The highest BCUT2D eigenvalue weighted by molar-refractivity contribution is 5.82. The minimum atomic E-state index is -0.583. The van der Waals surface area contributed by atoms with E-state index in [9.17, 15) is 15.0 Å². The summed E-state index contributed by atoms with van der Waals surface area (Å²) in [5, 5.41) is 19.5. The second-order valence-electron chi connectivity index (χ2n) is 6.05. The molecule has 2 aromatic rings. The highest BCUT2D eigenvalue weighted by Crippen LogP contribution is 2.31. The average Bonchev–Trinajstić information content (AvgIpc) is 2.55. The smallest absolute Gasteiger partial charge is 0.317 e. The Kier molecular flexibility index (Phi) is 5.85. The Morgan fingerprint density at radius 3 is 1.92 bits per heavy atom. The third-order valence-corrected chi connectivity index (χ3v) is 4.09. The third-order valence-electron chi connectivity index (χ3n) is 4.09. The molecule has 2 N–H and O–H groups in total. The molecule has 0 bridgehead atoms. The maximum Gasteiger partial charge on any atom is 0.317 e. The van der Waals surface area contributed by atoms with Gasteiger partial charge in [0.1, 0.15) is 17.4 Å². The van der Waals surface area contributed by atoms with Crippen molar-refractivity contribution < 1.29 is 19.7 Å². The molecule has 0 amide bonds. The van der Waals surface area contributed by atoms with Gasteiger partial charge in [-0.1, -0.05) is 37.6 Å². The van der Waals surface area contributed by atoms with Crippen LogP contribution in [0, 0.1) is 13.8 Å². The molecular formula is C20H24O4. The predicted molar refractivity (Wildman–Crippen MR) is 93.4 cm³/mol. The Labute approximate surface area is 142 Å². The van der Waals surface area contributed by atoms with Gasteiger partial charge >= 0.3 is 5.97 Å². The Hall–Kier alpha value is -2.49. The summed E-state index contributed by atoms with van der Waals surface area (Å²) in [7, 11) is 0. The molecule has 0 unspecified atom stereocenters. The van der Waals surface area contributed by atoms with E-state index in [1.165, 1.54) is 0 Å². The quantitative estimate of drug-likeness (QED) is 0.616. The lowest BCUT2D eigenvalue weighted by Gasteiger charge is -2.18. The summed E-state index contributed by atoms with van der Waals surface area (Å²) < 4.78 is 5.43. The average molecular weight is 328 g/mol. The number of ether oxygens (including phenoxy) is 1. The number of phenolic OH excluding ortho intramolecular Hbond substituents is 2. The number of unbranched alkanes of at least 4 members (excludes halogenated alkanes) is 1. The summed E-state index contributed by atoms with van der Waals surface area (Å²) in [5.74, 6) is -0.517. The number of esters is 1. The minimum Gasteiger partial charge on any atom is -0.508 e. The Balaban J connectivity index is 2.41. The zero-order valence-corrected chi connectivity index (χ0v) is 14.4. The molecule has 0 aliphatic heterocycles. The van der Waals surface area contributed by atoms with Crippen molar-refractivity contribution in [1.82, 2.24) is 0 Å². The van der Waals surface area contributed by atoms with E-state index in [1.54, 1.807) is 50.2 Å². The molecule has 128 valence electrons. The number of hydrogen-bond acceptors (Lipinski definition) is 4. The third kappa shape index (κ3) is 4.07. The van der Waals surface area contributed by atoms with Gasteiger partial charge in [0.25, 0.3) is 0 Å². The van der Waals surface area contributed by atoms with Crippen LogP contribution in [-0.4, -0.2) is 22.8 Å². The molecule has 0 atom stereocenters. The van der Waals surface area contributed by atoms with E-state index in [2.05, 4.69) is 0 Å². The molecule has 0 spiro atoms. The van der Waals surface area contributed by atoms with Crippen molar-refractivity contribution >= 4 is 5.97 Å². The molecule has 0 radical (unpaired) electrons. The van der Waals surface area contributed by atoms with Gasteiger partial charge in [0.05, 0.1) is 6.61 Å². The summed E-state index contributed by atoms with van der Waals surface area (Å²) in [6, 6.07) is 10.2. The normalized spacial score (nSPS) is 10.8. The molecule has 0 saturated heterocycles. The molecule has 0 aromatic heterocycles. The van der Waals surface area contributed by atoms with E-state index < -0.39 is 5.92 Å². The van der Waals surface area contributed by atoms with E-state index in [4.69, 9.17) is 4.74 Å². The van der Waals surface area contributed by atoms with E-state index >= 15 is 0 Å². The van der Waals surface area contributed by atoms with Crippen molar-refractivity contribution in [3.05, 3.63) is 58.7 Å². The van der Waals surface area contributed by atoms with Crippen LogP contribution in [0.4, 0.5) is 0 Å². The highest BCUT2D eigenvalue weighted by Gasteiger charge is 2.25. The Bertz CT molecular complexity index is 670. The number of hydrogen-bond donors (Lipinski definition) is 2. The second kappa shape index (κ2) is 7.86. The lowest BCUT2D eigenvalue weighted by atomic mass is 9.89. The van der Waals surface area contributed by atoms with Crippen molar-refractivity contribution in [3.63, 3.8) is 0 Å². The van der Waals surface area contributed by atoms with Crippen molar-refractivity contribution in [2.45, 2.75) is 39.5 Å². The van der Waals surface area contributed by atoms with Crippen molar-refractivity contribution in [1.29, 1.82) is 0 Å². The monoisotopic (exact) mass is 328 g/mol. The van der Waals surface area contributed by atoms with Gasteiger partial charge in [-0.05, 0) is 54.7 Å². The van der Waals surface area contributed by atoms with Crippen LogP contribution < -0.4 is 0 Å². The summed E-state index contributed by atoms with van der Waals surface area (Å²) in [4.78, 5) is 12.7. The fourth-order valence-corrected chi connectivity index (χ4v) is 2.58. The maximum atomic E-state index is 12.7. The largest absolute Gasteiger partial charge is 0.508 e. The fourth-order valence-electron chi connectivity index (χ4n) is 2.58. The molecule has 24 heavy (non-hydrogen) atoms. The SMILES string of the molecule is CCCCOC(=O)C(c1ccc(O)c(C)c1)c1ccc(O)c(C)c1. The summed E-state index contributed by atoms with van der Waals surface area (Å²) in [6.07, 6.45) is 1.77. The van der Waals surface area contributed by atoms with E-state index in [0.717, 1.165) is 24.0 Å². The molecule has 0 aliphatic carbocycles. The number of aromatic hydroxyl groups is 2. The Morgan fingerprint density at radius 1 is 1.00 bits per heavy atom. The molecule has 4 heteroatoms. The zero-order chi connectivity index (χ0) is 17.7. The van der Waals surface area contributed by atoms with Crippen molar-refractivity contribution in [2.24, 2.45) is 0 Å². The molecule has 0 aliphatic rings. The number of benzene rings is 2. The van der Waals surface area contributed by atoms with Crippen LogP contribution in [-0.2, 0) is 9.53 Å². The van der Waals surface area contributed by atoms with Gasteiger partial charge in [-0.25, -0.2) is 0 Å². The van der Waals surface area contributed by atoms with Gasteiger partial charge < -0.3 is 14.9 Å². The lowest BCUT2D eigenvalue weighted by Crippen LogP contribution is -2.18. The first-order valence-corrected chi connectivity index (χ1v) is 8.19. The van der Waals surface area contributed by atoms with E-state index in [0.29, 0.717) is 17.7 Å². The van der Waals surface area contributed by atoms with Crippen LogP contribution in [0.15, 0.2) is 36.4 Å². The van der Waals surface area contributed by atoms with Gasteiger partial charge in [0.15, 0.2) is 0 Å². The van der Waals surface area contributed by atoms with Gasteiger partial charge in [-0.2, -0.15) is 0 Å². The number of rotatable bonds is 6. The number of aryl methyl sites for hydroxylation is 2. The first kappa shape index (κ1) is 17.9. The summed E-state index contributed by atoms with van der Waals surface area (Å²) >= 11 is 0. The van der Waals surface area contributed by atoms with Gasteiger partial charge in [-0.3, -0.25) is 4.79 Å². The van der Waals surface area contributed by atoms with E-state index in [-0.39, 0.29) is 17.5 Å². The molecular weight excluding hydrogens is 304 g/mol. The summed E-state index contributed by atoms with van der Waals surface area (Å²) in [6.45, 7) is 6.01. The van der Waals surface area contributed by atoms with Gasteiger partial charge in [0, 0.05) is 0 Å². The fraction of sp³-hybridized carbons (Fsp3) is 0.350. The molecule has 4 nitrogen and oxygen atoms in total. The zero-order valence-electron chi connectivity index (χ0n) is 14.4. The molecule has 0 heterocycles. The predicted octanol–water partition coefficient (Wildman–Crippen LogP) is 4.19. The van der Waals surface area contributed by atoms with Crippen LogP contribution >= 0.6 is 0 Å². The minimum absolute atomic E-state index is 0.193. The first-order valence-electron chi connectivity index (χ1n) is 8.19.